The molecule has 25 heavy (non-hydrogen) atoms. The van der Waals surface area contributed by atoms with Crippen LogP contribution in [0.25, 0.3) is 0 Å². The van der Waals surface area contributed by atoms with Crippen LogP contribution >= 0.6 is 0 Å². The van der Waals surface area contributed by atoms with Gasteiger partial charge in [0.25, 0.3) is 5.91 Å². The second-order valence-electron chi connectivity index (χ2n) is 5.04. The largest absolute Gasteiger partial charge is 0.434 e. The maximum atomic E-state index is 12.5. The number of para-hydroxylation sites is 1. The molecule has 0 aliphatic heterocycles. The van der Waals surface area contributed by atoms with Gasteiger partial charge in [-0.3, -0.25) is 9.78 Å². The number of hydrogen-bond acceptors (Lipinski definition) is 3. The molecule has 134 valence electrons. The normalized spacial score (nSPS) is 12.8. The summed E-state index contributed by atoms with van der Waals surface area (Å²) in [6.07, 6.45) is -3.81. The van der Waals surface area contributed by atoms with E-state index in [1.54, 1.807) is 6.07 Å². The Morgan fingerprint density at radius 2 is 1.84 bits per heavy atom. The lowest BCUT2D eigenvalue weighted by Crippen LogP contribution is -2.27. The molecule has 1 heterocycles. The van der Waals surface area contributed by atoms with Crippen LogP contribution in [0.4, 0.5) is 22.0 Å². The number of ether oxygens (including phenoxy) is 1. The summed E-state index contributed by atoms with van der Waals surface area (Å²) in [5, 5.41) is 2.50. The Morgan fingerprint density at radius 3 is 2.40 bits per heavy atom. The van der Waals surface area contributed by atoms with E-state index in [0.29, 0.717) is 11.6 Å². The van der Waals surface area contributed by atoms with Gasteiger partial charge in [0, 0.05) is 11.8 Å². The van der Waals surface area contributed by atoms with Gasteiger partial charge in [0.2, 0.25) is 0 Å². The van der Waals surface area contributed by atoms with E-state index in [0.717, 1.165) is 12.3 Å². The molecule has 0 spiro atoms. The van der Waals surface area contributed by atoms with Crippen molar-refractivity contribution in [3.8, 4) is 5.75 Å². The summed E-state index contributed by atoms with van der Waals surface area (Å²) in [5.41, 5.74) is -0.907. The van der Waals surface area contributed by atoms with Crippen LogP contribution in [0, 0.1) is 0 Å². The second-order valence-corrected chi connectivity index (χ2v) is 5.04. The summed E-state index contributed by atoms with van der Waals surface area (Å²) >= 11 is 0. The second kappa shape index (κ2) is 7.45. The van der Waals surface area contributed by atoms with Crippen molar-refractivity contribution in [2.45, 2.75) is 25.8 Å². The van der Waals surface area contributed by atoms with E-state index in [1.807, 2.05) is 0 Å². The van der Waals surface area contributed by atoms with E-state index in [9.17, 15) is 26.7 Å². The highest BCUT2D eigenvalue weighted by molar-refractivity contribution is 5.94. The third-order valence-electron chi connectivity index (χ3n) is 3.27. The standard InChI is InChI=1S/C16H13F5N2O2/c1-9(11-4-2-3-5-12(11)25-15(17)18)23-14(24)10-6-7-13(22-8-10)16(19,20)21/h2-9,15H,1H3,(H,23,24). The SMILES string of the molecule is CC(NC(=O)c1ccc(C(F)(F)F)nc1)c1ccccc1OC(F)F. The van der Waals surface area contributed by atoms with Crippen LogP contribution in [0.3, 0.4) is 0 Å². The van der Waals surface area contributed by atoms with E-state index in [4.69, 9.17) is 0 Å². The third kappa shape index (κ3) is 4.88. The zero-order chi connectivity index (χ0) is 18.6. The lowest BCUT2D eigenvalue weighted by Gasteiger charge is -2.18. The third-order valence-corrected chi connectivity index (χ3v) is 3.27. The Labute approximate surface area is 139 Å². The van der Waals surface area contributed by atoms with E-state index < -0.39 is 30.4 Å². The van der Waals surface area contributed by atoms with Gasteiger partial charge in [-0.15, -0.1) is 0 Å². The summed E-state index contributed by atoms with van der Waals surface area (Å²) in [5.74, 6) is -0.795. The fourth-order valence-electron chi connectivity index (χ4n) is 2.10. The van der Waals surface area contributed by atoms with Gasteiger partial charge in [-0.1, -0.05) is 18.2 Å². The smallest absolute Gasteiger partial charge is 0.433 e. The van der Waals surface area contributed by atoms with Crippen molar-refractivity contribution in [3.63, 3.8) is 0 Å². The van der Waals surface area contributed by atoms with Crippen LogP contribution in [-0.4, -0.2) is 17.5 Å². The molecule has 1 aromatic heterocycles. The zero-order valence-corrected chi connectivity index (χ0v) is 12.8. The van der Waals surface area contributed by atoms with Crippen molar-refractivity contribution in [2.75, 3.05) is 0 Å². The summed E-state index contributed by atoms with van der Waals surface area (Å²) in [7, 11) is 0. The molecule has 1 unspecified atom stereocenters. The number of carbonyl (C=O) groups excluding carboxylic acids is 1. The summed E-state index contributed by atoms with van der Waals surface area (Å²) in [6, 6.07) is 6.85. The van der Waals surface area contributed by atoms with Gasteiger partial charge >= 0.3 is 12.8 Å². The Balaban J connectivity index is 2.13. The van der Waals surface area contributed by atoms with E-state index in [2.05, 4.69) is 15.0 Å². The molecule has 2 rings (SSSR count). The van der Waals surface area contributed by atoms with Gasteiger partial charge in [-0.25, -0.2) is 0 Å². The van der Waals surface area contributed by atoms with E-state index in [-0.39, 0.29) is 11.3 Å². The van der Waals surface area contributed by atoms with Gasteiger partial charge in [0.15, 0.2) is 0 Å². The van der Waals surface area contributed by atoms with Gasteiger partial charge < -0.3 is 10.1 Å². The molecule has 0 fully saturated rings. The Hall–Kier alpha value is -2.71. The number of nitrogens with one attached hydrogen (secondary N) is 1. The molecule has 1 amide bonds. The number of rotatable bonds is 5. The number of nitrogens with zero attached hydrogens (tertiary/aromatic N) is 1. The molecule has 0 bridgehead atoms. The Morgan fingerprint density at radius 1 is 1.16 bits per heavy atom. The predicted octanol–water partition coefficient (Wildman–Crippen LogP) is 4.19. The summed E-state index contributed by atoms with van der Waals surface area (Å²) in [6.45, 7) is -1.49. The molecule has 1 atom stereocenters. The first-order valence-electron chi connectivity index (χ1n) is 7.06. The summed E-state index contributed by atoms with van der Waals surface area (Å²) in [4.78, 5) is 15.3. The fourth-order valence-corrected chi connectivity index (χ4v) is 2.10. The number of halogens is 5. The number of aromatic nitrogens is 1. The van der Waals surface area contributed by atoms with E-state index in [1.165, 1.54) is 25.1 Å². The van der Waals surface area contributed by atoms with Crippen molar-refractivity contribution in [3.05, 3.63) is 59.4 Å². The first-order chi connectivity index (χ1) is 11.7. The number of pyridine rings is 1. The average molecular weight is 360 g/mol. The molecular formula is C16H13F5N2O2. The number of hydrogen-bond donors (Lipinski definition) is 1. The van der Waals surface area contributed by atoms with Crippen molar-refractivity contribution < 1.29 is 31.5 Å². The van der Waals surface area contributed by atoms with Crippen LogP contribution in [0.1, 0.15) is 34.6 Å². The first-order valence-corrected chi connectivity index (χ1v) is 7.06. The highest BCUT2D eigenvalue weighted by Gasteiger charge is 2.32. The molecular weight excluding hydrogens is 347 g/mol. The topological polar surface area (TPSA) is 51.2 Å². The average Bonchev–Trinajstić information content (AvgIpc) is 2.54. The minimum atomic E-state index is -4.60. The van der Waals surface area contributed by atoms with Crippen LogP contribution in [0.5, 0.6) is 5.75 Å². The van der Waals surface area contributed by atoms with Gasteiger partial charge in [-0.05, 0) is 25.1 Å². The molecule has 1 N–H and O–H groups in total. The van der Waals surface area contributed by atoms with Crippen LogP contribution in [-0.2, 0) is 6.18 Å². The quantitative estimate of drug-likeness (QED) is 0.814. The predicted molar refractivity (Wildman–Crippen MR) is 78.2 cm³/mol. The first kappa shape index (κ1) is 18.6. The Bertz CT molecular complexity index is 732. The van der Waals surface area contributed by atoms with Crippen molar-refractivity contribution in [2.24, 2.45) is 0 Å². The molecule has 0 saturated heterocycles. The molecule has 4 nitrogen and oxygen atoms in total. The van der Waals surface area contributed by atoms with Crippen molar-refractivity contribution in [1.82, 2.24) is 10.3 Å². The molecule has 0 aliphatic rings. The van der Waals surface area contributed by atoms with Crippen LogP contribution in [0.15, 0.2) is 42.6 Å². The minimum Gasteiger partial charge on any atom is -0.434 e. The monoisotopic (exact) mass is 360 g/mol. The van der Waals surface area contributed by atoms with Crippen LogP contribution in [0.2, 0.25) is 0 Å². The number of amides is 1. The van der Waals surface area contributed by atoms with Crippen molar-refractivity contribution >= 4 is 5.91 Å². The molecule has 0 saturated carbocycles. The highest BCUT2D eigenvalue weighted by atomic mass is 19.4. The molecule has 0 aliphatic carbocycles. The maximum Gasteiger partial charge on any atom is 0.433 e. The lowest BCUT2D eigenvalue weighted by molar-refractivity contribution is -0.141. The van der Waals surface area contributed by atoms with Gasteiger partial charge in [0.1, 0.15) is 11.4 Å². The van der Waals surface area contributed by atoms with Gasteiger partial charge in [-0.2, -0.15) is 22.0 Å². The number of benzene rings is 1. The summed E-state index contributed by atoms with van der Waals surface area (Å²) < 4.78 is 66.6. The number of alkyl halides is 5. The molecule has 2 aromatic rings. The number of carbonyl (C=O) groups is 1. The Kier molecular flexibility index (Phi) is 5.55. The molecule has 9 heteroatoms. The maximum absolute atomic E-state index is 12.5. The minimum absolute atomic E-state index is 0.0906. The van der Waals surface area contributed by atoms with Gasteiger partial charge in [0.05, 0.1) is 11.6 Å². The lowest BCUT2D eigenvalue weighted by atomic mass is 10.1. The van der Waals surface area contributed by atoms with Crippen LogP contribution < -0.4 is 10.1 Å². The molecule has 0 radical (unpaired) electrons. The van der Waals surface area contributed by atoms with E-state index >= 15 is 0 Å². The highest BCUT2D eigenvalue weighted by Crippen LogP contribution is 2.28. The molecule has 1 aromatic carbocycles. The van der Waals surface area contributed by atoms with Crippen molar-refractivity contribution in [1.29, 1.82) is 0 Å². The fraction of sp³-hybridized carbons (Fsp3) is 0.250. The zero-order valence-electron chi connectivity index (χ0n) is 12.8.